The maximum atomic E-state index is 6.39. The molecule has 0 saturated heterocycles. The van der Waals surface area contributed by atoms with Crippen LogP contribution in [0, 0.1) is 0 Å². The lowest BCUT2D eigenvalue weighted by atomic mass is 9.89. The minimum Gasteiger partial charge on any atom is -0.456 e. The lowest BCUT2D eigenvalue weighted by Gasteiger charge is -2.22. The summed E-state index contributed by atoms with van der Waals surface area (Å²) in [7, 11) is 0. The van der Waals surface area contributed by atoms with Crippen molar-refractivity contribution in [3.63, 3.8) is 0 Å². The Morgan fingerprint density at radius 3 is 1.93 bits per heavy atom. The average Bonchev–Trinajstić information content (AvgIpc) is 3.44. The summed E-state index contributed by atoms with van der Waals surface area (Å²) in [5.74, 6) is 1.82. The summed E-state index contributed by atoms with van der Waals surface area (Å²) >= 11 is 0. The van der Waals surface area contributed by atoms with E-state index < -0.39 is 0 Å². The van der Waals surface area contributed by atoms with E-state index in [9.17, 15) is 0 Å². The van der Waals surface area contributed by atoms with Crippen LogP contribution in [0.1, 0.15) is 0 Å². The van der Waals surface area contributed by atoms with Gasteiger partial charge < -0.3 is 9.30 Å². The van der Waals surface area contributed by atoms with Crippen molar-refractivity contribution >= 4 is 43.4 Å². The molecule has 46 heavy (non-hydrogen) atoms. The van der Waals surface area contributed by atoms with Gasteiger partial charge >= 0.3 is 0 Å². The molecule has 0 N–H and O–H groups in total. The van der Waals surface area contributed by atoms with Crippen LogP contribution in [-0.2, 0) is 0 Å². The molecule has 8 aromatic carbocycles. The highest BCUT2D eigenvalue weighted by molar-refractivity contribution is 6.17. The fraction of sp³-hybridized carbons (Fsp3) is 0. The second-order valence-electron chi connectivity index (χ2n) is 12.1. The number of hydrogen-bond acceptors (Lipinski definition) is 1. The van der Waals surface area contributed by atoms with Gasteiger partial charge in [-0.3, -0.25) is 0 Å². The van der Waals surface area contributed by atoms with Crippen molar-refractivity contribution in [3.05, 3.63) is 164 Å². The second kappa shape index (κ2) is 9.69. The Labute approximate surface area is 266 Å². The van der Waals surface area contributed by atoms with Crippen molar-refractivity contribution in [3.8, 4) is 50.6 Å². The maximum absolute atomic E-state index is 6.39. The lowest BCUT2D eigenvalue weighted by Crippen LogP contribution is -1.97. The summed E-state index contributed by atoms with van der Waals surface area (Å²) < 4.78 is 8.83. The predicted octanol–water partition coefficient (Wildman–Crippen LogP) is 12.2. The molecular formula is C44H27NO. The fourth-order valence-corrected chi connectivity index (χ4v) is 7.52. The van der Waals surface area contributed by atoms with Gasteiger partial charge in [-0.25, -0.2) is 0 Å². The molecule has 0 unspecified atom stereocenters. The smallest absolute Gasteiger partial charge is 0.135 e. The molecule has 0 saturated carbocycles. The predicted molar refractivity (Wildman–Crippen MR) is 192 cm³/mol. The summed E-state index contributed by atoms with van der Waals surface area (Å²) in [4.78, 5) is 0. The highest BCUT2D eigenvalue weighted by Gasteiger charge is 2.22. The Balaban J connectivity index is 1.22. The second-order valence-corrected chi connectivity index (χ2v) is 12.1. The third kappa shape index (κ3) is 3.65. The Kier molecular flexibility index (Phi) is 5.31. The van der Waals surface area contributed by atoms with Crippen LogP contribution in [-0.4, -0.2) is 4.57 Å². The largest absolute Gasteiger partial charge is 0.456 e. The van der Waals surface area contributed by atoms with Gasteiger partial charge in [0.1, 0.15) is 11.5 Å². The fourth-order valence-electron chi connectivity index (χ4n) is 7.52. The summed E-state index contributed by atoms with van der Waals surface area (Å²) in [6.45, 7) is 0. The van der Waals surface area contributed by atoms with E-state index in [-0.39, 0.29) is 0 Å². The van der Waals surface area contributed by atoms with Crippen molar-refractivity contribution < 1.29 is 4.74 Å². The van der Waals surface area contributed by atoms with Crippen LogP contribution in [0.25, 0.3) is 82.4 Å². The van der Waals surface area contributed by atoms with E-state index in [1.165, 1.54) is 71.2 Å². The van der Waals surface area contributed by atoms with E-state index in [2.05, 4.69) is 156 Å². The number of benzene rings is 8. The summed E-state index contributed by atoms with van der Waals surface area (Å²) in [6.07, 6.45) is 0. The van der Waals surface area contributed by atoms with Crippen molar-refractivity contribution in [1.29, 1.82) is 0 Å². The van der Waals surface area contributed by atoms with Crippen LogP contribution in [0.5, 0.6) is 11.5 Å². The molecule has 0 spiro atoms. The minimum atomic E-state index is 0.909. The third-order valence-electron chi connectivity index (χ3n) is 9.55. The maximum Gasteiger partial charge on any atom is 0.135 e. The molecule has 0 amide bonds. The Morgan fingerprint density at radius 1 is 0.391 bits per heavy atom. The number of fused-ring (bicyclic) bond motifs is 6. The van der Waals surface area contributed by atoms with Gasteiger partial charge in [-0.1, -0.05) is 121 Å². The van der Waals surface area contributed by atoms with Crippen LogP contribution in [0.4, 0.5) is 0 Å². The first-order valence-corrected chi connectivity index (χ1v) is 15.8. The van der Waals surface area contributed by atoms with E-state index in [1.807, 2.05) is 12.1 Å². The molecule has 1 aliphatic rings. The van der Waals surface area contributed by atoms with Crippen LogP contribution >= 0.6 is 0 Å². The van der Waals surface area contributed by atoms with Crippen molar-refractivity contribution in [2.45, 2.75) is 0 Å². The van der Waals surface area contributed by atoms with Crippen molar-refractivity contribution in [2.75, 3.05) is 0 Å². The SMILES string of the molecule is c1ccc(-n2c3cc4ccccc4cc3c3cccc(-c4cccc(-c5ccc6c7c(cccc57)-c5ccccc5O6)c4)c32)cc1. The van der Waals surface area contributed by atoms with E-state index in [0.717, 1.165) is 22.7 Å². The molecule has 1 aliphatic heterocycles. The number of nitrogens with zero attached hydrogens (tertiary/aromatic N) is 1. The molecule has 214 valence electrons. The summed E-state index contributed by atoms with van der Waals surface area (Å²) in [5.41, 5.74) is 10.7. The molecular weight excluding hydrogens is 558 g/mol. The monoisotopic (exact) mass is 585 g/mol. The Hall–Kier alpha value is -6.12. The Morgan fingerprint density at radius 2 is 1.07 bits per heavy atom. The zero-order valence-electron chi connectivity index (χ0n) is 24.9. The van der Waals surface area contributed by atoms with Crippen molar-refractivity contribution in [1.82, 2.24) is 4.57 Å². The molecule has 1 aromatic heterocycles. The first-order chi connectivity index (χ1) is 22.8. The molecule has 2 heterocycles. The van der Waals surface area contributed by atoms with Gasteiger partial charge in [-0.15, -0.1) is 0 Å². The van der Waals surface area contributed by atoms with E-state index in [0.29, 0.717) is 0 Å². The lowest BCUT2D eigenvalue weighted by molar-refractivity contribution is 0.487. The average molecular weight is 586 g/mol. The number of para-hydroxylation sites is 3. The number of ether oxygens (including phenoxy) is 1. The standard InChI is InChI=1S/C44H27NO/c1-2-15-32(16-3-1)45-40-27-29-12-5-4-11-28(29)26-39(40)38-21-9-18-34(44(38)45)31-14-8-13-30(25-31)33-23-24-42-43-36(33)19-10-20-37(43)35-17-6-7-22-41(35)46-42/h1-27H. The van der Waals surface area contributed by atoms with Gasteiger partial charge in [-0.05, 0) is 80.9 Å². The van der Waals surface area contributed by atoms with Gasteiger partial charge in [0.2, 0.25) is 0 Å². The highest BCUT2D eigenvalue weighted by atomic mass is 16.5. The highest BCUT2D eigenvalue weighted by Crippen LogP contribution is 2.49. The molecule has 2 heteroatoms. The normalized spacial score (nSPS) is 12.1. The first kappa shape index (κ1) is 25.2. The van der Waals surface area contributed by atoms with Gasteiger partial charge in [0.15, 0.2) is 0 Å². The van der Waals surface area contributed by atoms with Gasteiger partial charge in [0, 0.05) is 33.0 Å². The van der Waals surface area contributed by atoms with E-state index >= 15 is 0 Å². The number of hydrogen-bond donors (Lipinski definition) is 0. The molecule has 0 fully saturated rings. The molecule has 0 aliphatic carbocycles. The molecule has 10 rings (SSSR count). The van der Waals surface area contributed by atoms with Crippen LogP contribution < -0.4 is 4.74 Å². The first-order valence-electron chi connectivity index (χ1n) is 15.8. The summed E-state index contributed by atoms with van der Waals surface area (Å²) in [6, 6.07) is 59.1. The topological polar surface area (TPSA) is 14.2 Å². The molecule has 0 atom stereocenters. The zero-order chi connectivity index (χ0) is 30.2. The van der Waals surface area contributed by atoms with Crippen LogP contribution in [0.15, 0.2) is 164 Å². The van der Waals surface area contributed by atoms with Crippen molar-refractivity contribution in [2.24, 2.45) is 0 Å². The molecule has 2 nitrogen and oxygen atoms in total. The minimum absolute atomic E-state index is 0.909. The quantitative estimate of drug-likeness (QED) is 0.201. The van der Waals surface area contributed by atoms with E-state index in [1.54, 1.807) is 0 Å². The van der Waals surface area contributed by atoms with Gasteiger partial charge in [0.25, 0.3) is 0 Å². The molecule has 0 bridgehead atoms. The summed E-state index contributed by atoms with van der Waals surface area (Å²) in [5, 5.41) is 7.38. The Bertz CT molecular complexity index is 2660. The van der Waals surface area contributed by atoms with Gasteiger partial charge in [-0.2, -0.15) is 0 Å². The third-order valence-corrected chi connectivity index (χ3v) is 9.55. The molecule has 9 aromatic rings. The number of rotatable bonds is 3. The van der Waals surface area contributed by atoms with Gasteiger partial charge in [0.05, 0.1) is 11.0 Å². The van der Waals surface area contributed by atoms with Crippen LogP contribution in [0.2, 0.25) is 0 Å². The molecule has 0 radical (unpaired) electrons. The van der Waals surface area contributed by atoms with Crippen LogP contribution in [0.3, 0.4) is 0 Å². The number of aromatic nitrogens is 1. The zero-order valence-corrected chi connectivity index (χ0v) is 24.9. The van der Waals surface area contributed by atoms with E-state index in [4.69, 9.17) is 4.74 Å².